The Bertz CT molecular complexity index is 455. The first-order valence-electron chi connectivity index (χ1n) is 3.77. The van der Waals surface area contributed by atoms with Crippen LogP contribution in [0.15, 0.2) is 17.6 Å². The summed E-state index contributed by atoms with van der Waals surface area (Å²) in [6.45, 7) is 1.92. The molecule has 0 bridgehead atoms. The van der Waals surface area contributed by atoms with Crippen LogP contribution in [0.4, 0.5) is 0 Å². The van der Waals surface area contributed by atoms with Crippen LogP contribution < -0.4 is 0 Å². The molecule has 0 atom stereocenters. The standard InChI is InChI=1S/C8H8ClN3S.ClH/c1-5-6(9)11-8(13-2)12-4-3-10-7(5)12;/h3-4H,1-2H3;1H. The van der Waals surface area contributed by atoms with Crippen molar-refractivity contribution in [2.24, 2.45) is 0 Å². The fraction of sp³-hybridized carbons (Fsp3) is 0.250. The second-order valence-electron chi connectivity index (χ2n) is 2.64. The van der Waals surface area contributed by atoms with Gasteiger partial charge in [0.05, 0.1) is 0 Å². The maximum Gasteiger partial charge on any atom is 0.174 e. The molecule has 0 N–H and O–H groups in total. The number of fused-ring (bicyclic) bond motifs is 1. The SMILES string of the molecule is CSc1nc(Cl)c(C)c2nccn12.Cl. The summed E-state index contributed by atoms with van der Waals surface area (Å²) >= 11 is 7.50. The first kappa shape index (κ1) is 11.6. The molecule has 0 unspecified atom stereocenters. The van der Waals surface area contributed by atoms with E-state index < -0.39 is 0 Å². The van der Waals surface area contributed by atoms with Gasteiger partial charge >= 0.3 is 0 Å². The Kier molecular flexibility index (Phi) is 3.64. The third-order valence-corrected chi connectivity index (χ3v) is 2.89. The molecule has 6 heteroatoms. The van der Waals surface area contributed by atoms with Crippen LogP contribution in [0.1, 0.15) is 5.56 Å². The zero-order valence-electron chi connectivity index (χ0n) is 7.69. The summed E-state index contributed by atoms with van der Waals surface area (Å²) in [6, 6.07) is 0. The number of halogens is 2. The lowest BCUT2D eigenvalue weighted by atomic mass is 10.4. The average Bonchev–Trinajstić information content (AvgIpc) is 2.60. The van der Waals surface area contributed by atoms with Gasteiger partial charge in [0.2, 0.25) is 0 Å². The van der Waals surface area contributed by atoms with Crippen LogP contribution in [0, 0.1) is 6.92 Å². The van der Waals surface area contributed by atoms with Crippen LogP contribution in [0.3, 0.4) is 0 Å². The van der Waals surface area contributed by atoms with Gasteiger partial charge in [-0.1, -0.05) is 23.4 Å². The molecule has 0 saturated carbocycles. The van der Waals surface area contributed by atoms with E-state index >= 15 is 0 Å². The molecule has 0 aromatic carbocycles. The van der Waals surface area contributed by atoms with Crippen LogP contribution in [0.2, 0.25) is 5.15 Å². The van der Waals surface area contributed by atoms with Crippen molar-refractivity contribution < 1.29 is 0 Å². The molecule has 0 aliphatic carbocycles. The van der Waals surface area contributed by atoms with Gasteiger partial charge in [-0.2, -0.15) is 0 Å². The quantitative estimate of drug-likeness (QED) is 0.443. The molecule has 2 rings (SSSR count). The highest BCUT2D eigenvalue weighted by Crippen LogP contribution is 2.22. The van der Waals surface area contributed by atoms with Gasteiger partial charge in [-0.15, -0.1) is 12.4 Å². The predicted octanol–water partition coefficient (Wildman–Crippen LogP) is 2.83. The van der Waals surface area contributed by atoms with Crippen molar-refractivity contribution in [2.75, 3.05) is 6.26 Å². The van der Waals surface area contributed by atoms with Gasteiger partial charge in [-0.3, -0.25) is 4.40 Å². The van der Waals surface area contributed by atoms with Gasteiger partial charge in [0.25, 0.3) is 0 Å². The van der Waals surface area contributed by atoms with Crippen molar-refractivity contribution in [3.8, 4) is 0 Å². The van der Waals surface area contributed by atoms with Gasteiger partial charge < -0.3 is 0 Å². The minimum absolute atomic E-state index is 0. The molecule has 2 aromatic heterocycles. The van der Waals surface area contributed by atoms with E-state index in [1.807, 2.05) is 23.8 Å². The van der Waals surface area contributed by atoms with E-state index in [0.29, 0.717) is 5.15 Å². The lowest BCUT2D eigenvalue weighted by Gasteiger charge is -2.04. The summed E-state index contributed by atoms with van der Waals surface area (Å²) in [5, 5.41) is 1.39. The van der Waals surface area contributed by atoms with Gasteiger partial charge in [0, 0.05) is 18.0 Å². The highest BCUT2D eigenvalue weighted by Gasteiger charge is 2.08. The molecule has 76 valence electrons. The molecule has 0 saturated heterocycles. The molecule has 0 fully saturated rings. The molecule has 0 aliphatic rings. The normalized spacial score (nSPS) is 10.2. The third-order valence-electron chi connectivity index (χ3n) is 1.87. The van der Waals surface area contributed by atoms with Crippen molar-refractivity contribution in [3.63, 3.8) is 0 Å². The Morgan fingerprint density at radius 3 is 2.86 bits per heavy atom. The second-order valence-corrected chi connectivity index (χ2v) is 3.77. The first-order valence-corrected chi connectivity index (χ1v) is 5.37. The maximum atomic E-state index is 5.95. The predicted molar refractivity (Wildman–Crippen MR) is 61.8 cm³/mol. The highest BCUT2D eigenvalue weighted by molar-refractivity contribution is 7.98. The summed E-state index contributed by atoms with van der Waals surface area (Å²) in [4.78, 5) is 8.46. The molecule has 0 aliphatic heterocycles. The van der Waals surface area contributed by atoms with Crippen LogP contribution in [0.25, 0.3) is 5.65 Å². The summed E-state index contributed by atoms with van der Waals surface area (Å²) in [6.07, 6.45) is 5.60. The number of rotatable bonds is 1. The van der Waals surface area contributed by atoms with E-state index in [9.17, 15) is 0 Å². The summed E-state index contributed by atoms with van der Waals surface area (Å²) in [5.74, 6) is 0. The Balaban J connectivity index is 0.000000980. The fourth-order valence-corrected chi connectivity index (χ4v) is 1.93. The zero-order valence-corrected chi connectivity index (χ0v) is 10.1. The number of imidazole rings is 1. The van der Waals surface area contributed by atoms with Crippen LogP contribution >= 0.6 is 35.8 Å². The summed E-state index contributed by atoms with van der Waals surface area (Å²) in [7, 11) is 0. The van der Waals surface area contributed by atoms with Crippen LogP contribution in [-0.4, -0.2) is 20.6 Å². The topological polar surface area (TPSA) is 30.2 Å². The molecular formula is C8H9Cl2N3S. The fourth-order valence-electron chi connectivity index (χ4n) is 1.19. The second kappa shape index (κ2) is 4.38. The van der Waals surface area contributed by atoms with Gasteiger partial charge in [-0.05, 0) is 13.2 Å². The lowest BCUT2D eigenvalue weighted by Crippen LogP contribution is -1.96. The third kappa shape index (κ3) is 1.69. The highest BCUT2D eigenvalue weighted by atomic mass is 35.5. The van der Waals surface area contributed by atoms with E-state index in [1.165, 1.54) is 0 Å². The minimum atomic E-state index is 0. The van der Waals surface area contributed by atoms with Crippen LogP contribution in [-0.2, 0) is 0 Å². The molecule has 14 heavy (non-hydrogen) atoms. The smallest absolute Gasteiger partial charge is 0.174 e. The number of hydrogen-bond acceptors (Lipinski definition) is 3. The van der Waals surface area contributed by atoms with Gasteiger partial charge in [0.1, 0.15) is 10.8 Å². The maximum absolute atomic E-state index is 5.95. The largest absolute Gasteiger partial charge is 0.279 e. The van der Waals surface area contributed by atoms with Crippen molar-refractivity contribution >= 4 is 41.4 Å². The number of thioether (sulfide) groups is 1. The molecule has 2 heterocycles. The van der Waals surface area contributed by atoms with Crippen molar-refractivity contribution in [1.29, 1.82) is 0 Å². The van der Waals surface area contributed by atoms with E-state index in [2.05, 4.69) is 9.97 Å². The van der Waals surface area contributed by atoms with Crippen molar-refractivity contribution in [1.82, 2.24) is 14.4 Å². The van der Waals surface area contributed by atoms with Crippen molar-refractivity contribution in [2.45, 2.75) is 12.1 Å². The van der Waals surface area contributed by atoms with Gasteiger partial charge in [-0.25, -0.2) is 9.97 Å². The van der Waals surface area contributed by atoms with E-state index in [-0.39, 0.29) is 12.4 Å². The molecular weight excluding hydrogens is 241 g/mol. The van der Waals surface area contributed by atoms with Crippen LogP contribution in [0.5, 0.6) is 0 Å². The zero-order chi connectivity index (χ0) is 9.42. The molecule has 0 spiro atoms. The first-order chi connectivity index (χ1) is 6.24. The van der Waals surface area contributed by atoms with Gasteiger partial charge in [0.15, 0.2) is 5.16 Å². The van der Waals surface area contributed by atoms with E-state index in [1.54, 1.807) is 18.0 Å². The van der Waals surface area contributed by atoms with Crippen molar-refractivity contribution in [3.05, 3.63) is 23.1 Å². The number of nitrogens with zero attached hydrogens (tertiary/aromatic N) is 3. The Labute approximate surface area is 97.3 Å². The summed E-state index contributed by atoms with van der Waals surface area (Å²) < 4.78 is 1.94. The van der Waals surface area contributed by atoms with E-state index in [0.717, 1.165) is 16.4 Å². The average molecular weight is 250 g/mol. The monoisotopic (exact) mass is 249 g/mol. The Morgan fingerprint density at radius 1 is 1.50 bits per heavy atom. The number of aryl methyl sites for hydroxylation is 1. The summed E-state index contributed by atoms with van der Waals surface area (Å²) in [5.41, 5.74) is 1.80. The molecule has 2 aromatic rings. The Hall–Kier alpha value is -0.450. The molecule has 0 amide bonds. The number of aromatic nitrogens is 3. The minimum Gasteiger partial charge on any atom is -0.279 e. The lowest BCUT2D eigenvalue weighted by molar-refractivity contribution is 0.895. The molecule has 3 nitrogen and oxygen atoms in total. The Morgan fingerprint density at radius 2 is 2.21 bits per heavy atom. The molecule has 0 radical (unpaired) electrons. The van der Waals surface area contributed by atoms with E-state index in [4.69, 9.17) is 11.6 Å². The number of hydrogen-bond donors (Lipinski definition) is 0.